The standard InChI is InChI=1S/C15H19NO3/c17-14(9-11-5-2-1-3-6-11)16-13-8-4-7-12(10-13)15(18)19/h4,7-8,10-11H,1-3,5-6,9H2,(H,16,17)(H,18,19). The van der Waals surface area contributed by atoms with E-state index in [2.05, 4.69) is 5.32 Å². The number of carboxylic acid groups (broad SMARTS) is 1. The van der Waals surface area contributed by atoms with Crippen LogP contribution in [0.4, 0.5) is 5.69 Å². The molecule has 19 heavy (non-hydrogen) atoms. The first-order valence-electron chi connectivity index (χ1n) is 6.78. The van der Waals surface area contributed by atoms with Crippen LogP contribution in [0.1, 0.15) is 48.9 Å². The Morgan fingerprint density at radius 2 is 1.95 bits per heavy atom. The first-order chi connectivity index (χ1) is 9.15. The highest BCUT2D eigenvalue weighted by Crippen LogP contribution is 2.26. The normalized spacial score (nSPS) is 16.0. The molecule has 0 bridgehead atoms. The maximum Gasteiger partial charge on any atom is 0.335 e. The Morgan fingerprint density at radius 1 is 1.21 bits per heavy atom. The minimum absolute atomic E-state index is 0.0190. The molecular formula is C15H19NO3. The van der Waals surface area contributed by atoms with Crippen LogP contribution in [0.15, 0.2) is 24.3 Å². The summed E-state index contributed by atoms with van der Waals surface area (Å²) >= 11 is 0. The van der Waals surface area contributed by atoms with E-state index >= 15 is 0 Å². The third-order valence-corrected chi connectivity index (χ3v) is 3.59. The van der Waals surface area contributed by atoms with Crippen molar-refractivity contribution in [2.24, 2.45) is 5.92 Å². The number of carbonyl (C=O) groups is 2. The van der Waals surface area contributed by atoms with Gasteiger partial charge in [0.15, 0.2) is 0 Å². The van der Waals surface area contributed by atoms with Crippen LogP contribution in [-0.4, -0.2) is 17.0 Å². The summed E-state index contributed by atoms with van der Waals surface area (Å²) < 4.78 is 0. The summed E-state index contributed by atoms with van der Waals surface area (Å²) in [5.74, 6) is -0.519. The molecule has 1 aromatic carbocycles. The summed E-state index contributed by atoms with van der Waals surface area (Å²) in [6.45, 7) is 0. The Labute approximate surface area is 112 Å². The van der Waals surface area contributed by atoms with E-state index in [1.807, 2.05) is 0 Å². The van der Waals surface area contributed by atoms with Gasteiger partial charge in [-0.05, 0) is 37.0 Å². The molecule has 0 aliphatic heterocycles. The SMILES string of the molecule is O=C(CC1CCCCC1)Nc1cccc(C(=O)O)c1. The maximum absolute atomic E-state index is 11.9. The first kappa shape index (κ1) is 13.6. The Kier molecular flexibility index (Phi) is 4.55. The second kappa shape index (κ2) is 6.36. The minimum Gasteiger partial charge on any atom is -0.478 e. The van der Waals surface area contributed by atoms with Crippen molar-refractivity contribution in [3.63, 3.8) is 0 Å². The summed E-state index contributed by atoms with van der Waals surface area (Å²) in [7, 11) is 0. The minimum atomic E-state index is -0.983. The van der Waals surface area contributed by atoms with Crippen LogP contribution < -0.4 is 5.32 Å². The summed E-state index contributed by atoms with van der Waals surface area (Å²) in [4.78, 5) is 22.7. The molecule has 102 valence electrons. The van der Waals surface area contributed by atoms with E-state index in [0.717, 1.165) is 12.8 Å². The van der Waals surface area contributed by atoms with Crippen molar-refractivity contribution in [2.75, 3.05) is 5.32 Å². The van der Waals surface area contributed by atoms with Gasteiger partial charge in [-0.25, -0.2) is 4.79 Å². The van der Waals surface area contributed by atoms with E-state index < -0.39 is 5.97 Å². The summed E-state index contributed by atoms with van der Waals surface area (Å²) in [6.07, 6.45) is 6.50. The highest BCUT2D eigenvalue weighted by atomic mass is 16.4. The van der Waals surface area contributed by atoms with Crippen molar-refractivity contribution < 1.29 is 14.7 Å². The molecule has 0 aromatic heterocycles. The van der Waals surface area contributed by atoms with Gasteiger partial charge in [-0.2, -0.15) is 0 Å². The Morgan fingerprint density at radius 3 is 2.63 bits per heavy atom. The van der Waals surface area contributed by atoms with E-state index in [-0.39, 0.29) is 11.5 Å². The third kappa shape index (κ3) is 4.09. The molecule has 1 amide bonds. The van der Waals surface area contributed by atoms with Gasteiger partial charge in [-0.15, -0.1) is 0 Å². The van der Waals surface area contributed by atoms with Crippen LogP contribution in [-0.2, 0) is 4.79 Å². The molecule has 2 rings (SSSR count). The second-order valence-corrected chi connectivity index (χ2v) is 5.14. The molecule has 2 N–H and O–H groups in total. The van der Waals surface area contributed by atoms with Crippen molar-refractivity contribution >= 4 is 17.6 Å². The van der Waals surface area contributed by atoms with Crippen molar-refractivity contribution in [1.82, 2.24) is 0 Å². The predicted molar refractivity (Wildman–Crippen MR) is 73.2 cm³/mol. The molecule has 4 heteroatoms. The fourth-order valence-electron chi connectivity index (χ4n) is 2.60. The highest BCUT2D eigenvalue weighted by molar-refractivity contribution is 5.93. The third-order valence-electron chi connectivity index (χ3n) is 3.59. The number of hydrogen-bond donors (Lipinski definition) is 2. The average Bonchev–Trinajstić information content (AvgIpc) is 2.40. The molecule has 0 radical (unpaired) electrons. The van der Waals surface area contributed by atoms with Gasteiger partial charge in [0.25, 0.3) is 0 Å². The number of nitrogens with one attached hydrogen (secondary N) is 1. The van der Waals surface area contributed by atoms with Crippen LogP contribution in [0.25, 0.3) is 0 Å². The zero-order valence-electron chi connectivity index (χ0n) is 10.9. The van der Waals surface area contributed by atoms with Gasteiger partial charge in [-0.1, -0.05) is 25.3 Å². The number of benzene rings is 1. The van der Waals surface area contributed by atoms with Crippen molar-refractivity contribution in [2.45, 2.75) is 38.5 Å². The molecule has 1 aliphatic rings. The van der Waals surface area contributed by atoms with E-state index in [1.165, 1.54) is 31.4 Å². The van der Waals surface area contributed by atoms with Gasteiger partial charge in [0.1, 0.15) is 0 Å². The highest BCUT2D eigenvalue weighted by Gasteiger charge is 2.17. The Bertz CT molecular complexity index is 464. The van der Waals surface area contributed by atoms with Gasteiger partial charge < -0.3 is 10.4 Å². The first-order valence-corrected chi connectivity index (χ1v) is 6.78. The van der Waals surface area contributed by atoms with Crippen molar-refractivity contribution in [1.29, 1.82) is 0 Å². The van der Waals surface area contributed by atoms with Crippen LogP contribution in [0.3, 0.4) is 0 Å². The number of aromatic carboxylic acids is 1. The van der Waals surface area contributed by atoms with E-state index in [0.29, 0.717) is 18.0 Å². The van der Waals surface area contributed by atoms with Gasteiger partial charge in [0.2, 0.25) is 5.91 Å². The molecule has 1 aliphatic carbocycles. The molecule has 1 saturated carbocycles. The van der Waals surface area contributed by atoms with Crippen LogP contribution >= 0.6 is 0 Å². The molecular weight excluding hydrogens is 242 g/mol. The quantitative estimate of drug-likeness (QED) is 0.874. The lowest BCUT2D eigenvalue weighted by molar-refractivity contribution is -0.117. The zero-order valence-corrected chi connectivity index (χ0v) is 10.9. The van der Waals surface area contributed by atoms with Gasteiger partial charge in [-0.3, -0.25) is 4.79 Å². The fourth-order valence-corrected chi connectivity index (χ4v) is 2.60. The number of carbonyl (C=O) groups excluding carboxylic acids is 1. The topological polar surface area (TPSA) is 66.4 Å². The predicted octanol–water partition coefficient (Wildman–Crippen LogP) is 3.29. The number of hydrogen-bond acceptors (Lipinski definition) is 2. The molecule has 4 nitrogen and oxygen atoms in total. The lowest BCUT2D eigenvalue weighted by Gasteiger charge is -2.20. The average molecular weight is 261 g/mol. The monoisotopic (exact) mass is 261 g/mol. The number of rotatable bonds is 4. The van der Waals surface area contributed by atoms with E-state index in [1.54, 1.807) is 12.1 Å². The molecule has 0 unspecified atom stereocenters. The number of amides is 1. The summed E-state index contributed by atoms with van der Waals surface area (Å²) in [5.41, 5.74) is 0.746. The molecule has 0 spiro atoms. The second-order valence-electron chi connectivity index (χ2n) is 5.14. The lowest BCUT2D eigenvalue weighted by Crippen LogP contribution is -2.18. The van der Waals surface area contributed by atoms with Crippen LogP contribution in [0.5, 0.6) is 0 Å². The molecule has 0 atom stereocenters. The summed E-state index contributed by atoms with van der Waals surface area (Å²) in [5, 5.41) is 11.7. The van der Waals surface area contributed by atoms with Crippen LogP contribution in [0.2, 0.25) is 0 Å². The molecule has 0 saturated heterocycles. The van der Waals surface area contributed by atoms with E-state index in [4.69, 9.17) is 5.11 Å². The fraction of sp³-hybridized carbons (Fsp3) is 0.467. The van der Waals surface area contributed by atoms with Crippen molar-refractivity contribution in [3.05, 3.63) is 29.8 Å². The number of carboxylic acids is 1. The summed E-state index contributed by atoms with van der Waals surface area (Å²) in [6, 6.07) is 6.35. The molecule has 1 aromatic rings. The van der Waals surface area contributed by atoms with Crippen LogP contribution in [0, 0.1) is 5.92 Å². The number of anilines is 1. The van der Waals surface area contributed by atoms with E-state index in [9.17, 15) is 9.59 Å². The molecule has 0 heterocycles. The smallest absolute Gasteiger partial charge is 0.335 e. The largest absolute Gasteiger partial charge is 0.478 e. The lowest BCUT2D eigenvalue weighted by atomic mass is 9.87. The maximum atomic E-state index is 11.9. The Hall–Kier alpha value is -1.84. The van der Waals surface area contributed by atoms with Gasteiger partial charge in [0.05, 0.1) is 5.56 Å². The van der Waals surface area contributed by atoms with Gasteiger partial charge in [0, 0.05) is 12.1 Å². The van der Waals surface area contributed by atoms with Gasteiger partial charge >= 0.3 is 5.97 Å². The van der Waals surface area contributed by atoms with Crippen molar-refractivity contribution in [3.8, 4) is 0 Å². The molecule has 1 fully saturated rings. The zero-order chi connectivity index (χ0) is 13.7. The Balaban J connectivity index is 1.90.